The van der Waals surface area contributed by atoms with Gasteiger partial charge in [0.25, 0.3) is 0 Å². The number of rotatable bonds is 4. The number of thiophene rings is 1. The Morgan fingerprint density at radius 1 is 1.64 bits per heavy atom. The van der Waals surface area contributed by atoms with E-state index < -0.39 is 0 Å². The van der Waals surface area contributed by atoms with Gasteiger partial charge in [0.15, 0.2) is 0 Å². The Morgan fingerprint density at radius 3 is 2.71 bits per heavy atom. The van der Waals surface area contributed by atoms with Gasteiger partial charge < -0.3 is 5.32 Å². The van der Waals surface area contributed by atoms with Gasteiger partial charge in [-0.2, -0.15) is 5.26 Å². The molecule has 3 heteroatoms. The van der Waals surface area contributed by atoms with Crippen molar-refractivity contribution in [1.29, 1.82) is 5.26 Å². The van der Waals surface area contributed by atoms with E-state index in [1.807, 2.05) is 7.05 Å². The first-order chi connectivity index (χ1) is 6.74. The van der Waals surface area contributed by atoms with E-state index in [4.69, 9.17) is 5.26 Å². The zero-order valence-corrected chi connectivity index (χ0v) is 9.69. The van der Waals surface area contributed by atoms with E-state index in [1.54, 1.807) is 11.3 Å². The van der Waals surface area contributed by atoms with Crippen LogP contribution in [0.15, 0.2) is 11.4 Å². The van der Waals surface area contributed by atoms with Crippen LogP contribution in [0.25, 0.3) is 0 Å². The summed E-state index contributed by atoms with van der Waals surface area (Å²) in [6.45, 7) is 4.15. The number of hydrogen-bond acceptors (Lipinski definition) is 3. The molecule has 0 amide bonds. The molecule has 0 aliphatic carbocycles. The lowest BCUT2D eigenvalue weighted by atomic mass is 9.96. The van der Waals surface area contributed by atoms with Gasteiger partial charge >= 0.3 is 0 Å². The van der Waals surface area contributed by atoms with Gasteiger partial charge in [-0.1, -0.05) is 6.92 Å². The number of nitrogens with zero attached hydrogens (tertiary/aromatic N) is 1. The molecule has 76 valence electrons. The van der Waals surface area contributed by atoms with Crippen LogP contribution in [0.3, 0.4) is 0 Å². The molecule has 2 unspecified atom stereocenters. The zero-order valence-electron chi connectivity index (χ0n) is 8.87. The normalized spacial score (nSPS) is 14.7. The van der Waals surface area contributed by atoms with Crippen LogP contribution in [0.4, 0.5) is 0 Å². The van der Waals surface area contributed by atoms with Crippen molar-refractivity contribution in [1.82, 2.24) is 5.32 Å². The molecule has 0 saturated carbocycles. The Bertz CT molecular complexity index is 324. The minimum absolute atomic E-state index is 0.0670. The minimum Gasteiger partial charge on any atom is -0.311 e. The maximum atomic E-state index is 9.03. The summed E-state index contributed by atoms with van der Waals surface area (Å²) in [7, 11) is 1.92. The fourth-order valence-electron chi connectivity index (χ4n) is 1.62. The van der Waals surface area contributed by atoms with Crippen LogP contribution >= 0.6 is 11.3 Å². The van der Waals surface area contributed by atoms with Crippen molar-refractivity contribution in [2.75, 3.05) is 7.05 Å². The van der Waals surface area contributed by atoms with Gasteiger partial charge in [-0.05, 0) is 37.4 Å². The van der Waals surface area contributed by atoms with E-state index in [1.165, 1.54) is 10.4 Å². The molecule has 0 saturated heterocycles. The van der Waals surface area contributed by atoms with Crippen molar-refractivity contribution in [2.24, 2.45) is 5.92 Å². The van der Waals surface area contributed by atoms with Gasteiger partial charge in [-0.25, -0.2) is 0 Å². The molecule has 2 nitrogen and oxygen atoms in total. The molecule has 0 spiro atoms. The number of nitriles is 1. The van der Waals surface area contributed by atoms with Crippen molar-refractivity contribution in [2.45, 2.75) is 26.3 Å². The highest BCUT2D eigenvalue weighted by Crippen LogP contribution is 2.30. The highest BCUT2D eigenvalue weighted by atomic mass is 32.1. The third kappa shape index (κ3) is 2.14. The fraction of sp³-hybridized carbons (Fsp3) is 0.545. The predicted molar refractivity (Wildman–Crippen MR) is 60.3 cm³/mol. The topological polar surface area (TPSA) is 35.8 Å². The van der Waals surface area contributed by atoms with E-state index in [2.05, 4.69) is 36.7 Å². The predicted octanol–water partition coefficient (Wildman–Crippen LogP) is 2.87. The summed E-state index contributed by atoms with van der Waals surface area (Å²) in [5.41, 5.74) is 1.28. The van der Waals surface area contributed by atoms with E-state index in [0.717, 1.165) is 6.42 Å². The molecule has 2 atom stereocenters. The number of nitrogens with one attached hydrogen (secondary N) is 1. The Morgan fingerprint density at radius 2 is 2.36 bits per heavy atom. The van der Waals surface area contributed by atoms with Crippen molar-refractivity contribution >= 4 is 11.3 Å². The summed E-state index contributed by atoms with van der Waals surface area (Å²) < 4.78 is 0. The molecule has 0 fully saturated rings. The highest BCUT2D eigenvalue weighted by Gasteiger charge is 2.22. The Balaban J connectivity index is 2.93. The number of aryl methyl sites for hydroxylation is 1. The lowest BCUT2D eigenvalue weighted by Gasteiger charge is -2.19. The quantitative estimate of drug-likeness (QED) is 0.826. The molecule has 1 aromatic heterocycles. The average Bonchev–Trinajstić information content (AvgIpc) is 2.61. The fourth-order valence-corrected chi connectivity index (χ4v) is 2.72. The molecule has 1 aromatic rings. The van der Waals surface area contributed by atoms with Crippen LogP contribution in [0.5, 0.6) is 0 Å². The number of hydrogen-bond donors (Lipinski definition) is 1. The first kappa shape index (κ1) is 11.2. The molecule has 1 heterocycles. The molecule has 0 aromatic carbocycles. The summed E-state index contributed by atoms with van der Waals surface area (Å²) in [6.07, 6.45) is 0.888. The van der Waals surface area contributed by atoms with Crippen LogP contribution in [0.2, 0.25) is 0 Å². The molecule has 1 rings (SSSR count). The summed E-state index contributed by atoms with van der Waals surface area (Å²) in [6, 6.07) is 4.65. The van der Waals surface area contributed by atoms with Crippen LogP contribution in [0, 0.1) is 24.2 Å². The average molecular weight is 208 g/mol. The van der Waals surface area contributed by atoms with Gasteiger partial charge in [-0.3, -0.25) is 0 Å². The highest BCUT2D eigenvalue weighted by molar-refractivity contribution is 7.10. The van der Waals surface area contributed by atoms with Gasteiger partial charge in [0.2, 0.25) is 0 Å². The van der Waals surface area contributed by atoms with E-state index in [-0.39, 0.29) is 12.0 Å². The Hall–Kier alpha value is -0.850. The molecular formula is C11H16N2S. The minimum atomic E-state index is 0.0670. The largest absolute Gasteiger partial charge is 0.311 e. The summed E-state index contributed by atoms with van der Waals surface area (Å²) in [5, 5.41) is 14.3. The van der Waals surface area contributed by atoms with Crippen LogP contribution in [0.1, 0.15) is 29.8 Å². The third-order valence-corrected chi connectivity index (χ3v) is 3.61. The van der Waals surface area contributed by atoms with Crippen LogP contribution in [-0.2, 0) is 0 Å². The monoisotopic (exact) mass is 208 g/mol. The van der Waals surface area contributed by atoms with Gasteiger partial charge in [0.1, 0.15) is 0 Å². The lowest BCUT2D eigenvalue weighted by Crippen LogP contribution is -2.23. The smallest absolute Gasteiger partial charge is 0.0676 e. The van der Waals surface area contributed by atoms with Crippen molar-refractivity contribution in [3.05, 3.63) is 21.9 Å². The first-order valence-electron chi connectivity index (χ1n) is 4.85. The molecular weight excluding hydrogens is 192 g/mol. The van der Waals surface area contributed by atoms with Crippen molar-refractivity contribution < 1.29 is 0 Å². The maximum absolute atomic E-state index is 9.03. The summed E-state index contributed by atoms with van der Waals surface area (Å²) in [4.78, 5) is 1.29. The van der Waals surface area contributed by atoms with Crippen molar-refractivity contribution in [3.63, 3.8) is 0 Å². The molecule has 0 aliphatic rings. The molecule has 0 radical (unpaired) electrons. The molecule has 0 bridgehead atoms. The SMILES string of the molecule is CCC(C#N)C(NC)c1sccc1C. The lowest BCUT2D eigenvalue weighted by molar-refractivity contribution is 0.454. The molecule has 1 N–H and O–H groups in total. The van der Waals surface area contributed by atoms with E-state index in [9.17, 15) is 0 Å². The van der Waals surface area contributed by atoms with Gasteiger partial charge in [-0.15, -0.1) is 11.3 Å². The van der Waals surface area contributed by atoms with E-state index in [0.29, 0.717) is 0 Å². The Kier molecular flexibility index (Phi) is 4.12. The van der Waals surface area contributed by atoms with Gasteiger partial charge in [0.05, 0.1) is 18.0 Å². The van der Waals surface area contributed by atoms with E-state index >= 15 is 0 Å². The maximum Gasteiger partial charge on any atom is 0.0676 e. The second-order valence-electron chi connectivity index (χ2n) is 3.38. The third-order valence-electron chi connectivity index (χ3n) is 2.50. The standard InChI is InChI=1S/C11H16N2S/c1-4-9(7-12)10(13-3)11-8(2)5-6-14-11/h5-6,9-10,13H,4H2,1-3H3. The molecule has 0 aliphatic heterocycles. The van der Waals surface area contributed by atoms with Crippen molar-refractivity contribution in [3.8, 4) is 6.07 Å². The summed E-state index contributed by atoms with van der Waals surface area (Å²) in [5.74, 6) is 0.0670. The van der Waals surface area contributed by atoms with Crippen LogP contribution < -0.4 is 5.32 Å². The van der Waals surface area contributed by atoms with Gasteiger partial charge in [0, 0.05) is 4.88 Å². The second-order valence-corrected chi connectivity index (χ2v) is 4.33. The summed E-state index contributed by atoms with van der Waals surface area (Å²) >= 11 is 1.73. The van der Waals surface area contributed by atoms with Crippen LogP contribution in [-0.4, -0.2) is 7.05 Å². The Labute approximate surface area is 89.6 Å². The first-order valence-corrected chi connectivity index (χ1v) is 5.73. The zero-order chi connectivity index (χ0) is 10.6. The second kappa shape index (κ2) is 5.14. The molecule has 14 heavy (non-hydrogen) atoms.